The van der Waals surface area contributed by atoms with E-state index in [9.17, 15) is 0 Å². The van der Waals surface area contributed by atoms with E-state index in [0.29, 0.717) is 6.04 Å². The number of aromatic nitrogens is 3. The lowest BCUT2D eigenvalue weighted by molar-refractivity contribution is 0.221. The lowest BCUT2D eigenvalue weighted by Gasteiger charge is -2.25. The van der Waals surface area contributed by atoms with Crippen molar-refractivity contribution in [1.29, 1.82) is 0 Å². The summed E-state index contributed by atoms with van der Waals surface area (Å²) in [4.78, 5) is 14.9. The predicted molar refractivity (Wildman–Crippen MR) is 89.6 cm³/mol. The Morgan fingerprint density at radius 1 is 1.23 bits per heavy atom. The van der Waals surface area contributed by atoms with Gasteiger partial charge in [-0.1, -0.05) is 19.1 Å². The average molecular weight is 294 g/mol. The van der Waals surface area contributed by atoms with Crippen LogP contribution in [-0.4, -0.2) is 26.9 Å². The van der Waals surface area contributed by atoms with Crippen LogP contribution in [0, 0.1) is 6.92 Å². The molecule has 0 aliphatic rings. The molecule has 0 radical (unpaired) electrons. The lowest BCUT2D eigenvalue weighted by atomic mass is 10.1. The SMILES string of the molecule is CC[C@@H](c1ccccn1)N(C)Cc1nc2ccc(C)cc2[nH]1. The molecule has 4 heteroatoms. The van der Waals surface area contributed by atoms with Crippen molar-refractivity contribution in [3.8, 4) is 0 Å². The van der Waals surface area contributed by atoms with Crippen LogP contribution < -0.4 is 0 Å². The molecular weight excluding hydrogens is 272 g/mol. The van der Waals surface area contributed by atoms with E-state index in [1.165, 1.54) is 5.56 Å². The summed E-state index contributed by atoms with van der Waals surface area (Å²) in [5.74, 6) is 0.998. The fourth-order valence-electron chi connectivity index (χ4n) is 2.92. The molecule has 0 saturated carbocycles. The van der Waals surface area contributed by atoms with Gasteiger partial charge in [0.25, 0.3) is 0 Å². The third-order valence-corrected chi connectivity index (χ3v) is 4.03. The predicted octanol–water partition coefficient (Wildman–Crippen LogP) is 3.85. The van der Waals surface area contributed by atoms with Crippen molar-refractivity contribution < 1.29 is 0 Å². The minimum Gasteiger partial charge on any atom is -0.341 e. The number of aromatic amines is 1. The van der Waals surface area contributed by atoms with E-state index in [-0.39, 0.29) is 0 Å². The second-order valence-corrected chi connectivity index (χ2v) is 5.80. The normalized spacial score (nSPS) is 12.9. The summed E-state index contributed by atoms with van der Waals surface area (Å²) < 4.78 is 0. The van der Waals surface area contributed by atoms with Crippen LogP contribution in [0.1, 0.15) is 36.5 Å². The summed E-state index contributed by atoms with van der Waals surface area (Å²) in [6.45, 7) is 5.07. The number of fused-ring (bicyclic) bond motifs is 1. The minimum atomic E-state index is 0.302. The highest BCUT2D eigenvalue weighted by Crippen LogP contribution is 2.23. The van der Waals surface area contributed by atoms with Gasteiger partial charge in [-0.25, -0.2) is 4.98 Å². The van der Waals surface area contributed by atoms with Crippen LogP contribution in [0.5, 0.6) is 0 Å². The average Bonchev–Trinajstić information content (AvgIpc) is 2.90. The third kappa shape index (κ3) is 3.02. The first-order valence-corrected chi connectivity index (χ1v) is 7.73. The van der Waals surface area contributed by atoms with Gasteiger partial charge in [-0.15, -0.1) is 0 Å². The highest BCUT2D eigenvalue weighted by molar-refractivity contribution is 5.75. The summed E-state index contributed by atoms with van der Waals surface area (Å²) in [7, 11) is 2.13. The number of imidazole rings is 1. The molecule has 22 heavy (non-hydrogen) atoms. The Morgan fingerprint density at radius 3 is 2.82 bits per heavy atom. The van der Waals surface area contributed by atoms with Crippen molar-refractivity contribution in [2.45, 2.75) is 32.9 Å². The van der Waals surface area contributed by atoms with Crippen molar-refractivity contribution in [2.24, 2.45) is 0 Å². The minimum absolute atomic E-state index is 0.302. The lowest BCUT2D eigenvalue weighted by Crippen LogP contribution is -2.25. The molecule has 3 rings (SSSR count). The Balaban J connectivity index is 1.80. The van der Waals surface area contributed by atoms with Crippen molar-refractivity contribution in [1.82, 2.24) is 19.9 Å². The number of benzene rings is 1. The standard InChI is InChI=1S/C18H22N4/c1-4-17(15-7-5-6-10-19-15)22(3)12-18-20-14-9-8-13(2)11-16(14)21-18/h5-11,17H,4,12H2,1-3H3,(H,20,21)/t17-/m0/s1. The Morgan fingerprint density at radius 2 is 2.09 bits per heavy atom. The van der Waals surface area contributed by atoms with Gasteiger partial charge in [0.1, 0.15) is 5.82 Å². The molecule has 1 N–H and O–H groups in total. The maximum absolute atomic E-state index is 4.69. The van der Waals surface area contributed by atoms with E-state index >= 15 is 0 Å². The third-order valence-electron chi connectivity index (χ3n) is 4.03. The first-order valence-electron chi connectivity index (χ1n) is 7.73. The van der Waals surface area contributed by atoms with Crippen LogP contribution >= 0.6 is 0 Å². The van der Waals surface area contributed by atoms with Gasteiger partial charge in [-0.2, -0.15) is 0 Å². The number of nitrogens with zero attached hydrogens (tertiary/aromatic N) is 3. The van der Waals surface area contributed by atoms with Gasteiger partial charge in [-0.3, -0.25) is 9.88 Å². The molecule has 0 aliphatic carbocycles. The molecule has 2 aromatic heterocycles. The summed E-state index contributed by atoms with van der Waals surface area (Å²) >= 11 is 0. The molecule has 0 amide bonds. The zero-order valence-electron chi connectivity index (χ0n) is 13.4. The van der Waals surface area contributed by atoms with E-state index in [2.05, 4.69) is 65.0 Å². The van der Waals surface area contributed by atoms with Crippen LogP contribution in [0.15, 0.2) is 42.6 Å². The summed E-state index contributed by atoms with van der Waals surface area (Å²) in [6.07, 6.45) is 2.88. The summed E-state index contributed by atoms with van der Waals surface area (Å²) in [5, 5.41) is 0. The van der Waals surface area contributed by atoms with Gasteiger partial charge in [0.05, 0.1) is 29.3 Å². The topological polar surface area (TPSA) is 44.8 Å². The van der Waals surface area contributed by atoms with Crippen molar-refractivity contribution >= 4 is 11.0 Å². The Hall–Kier alpha value is -2.20. The molecule has 1 atom stereocenters. The molecule has 2 heterocycles. The molecule has 0 fully saturated rings. The van der Waals surface area contributed by atoms with Crippen molar-refractivity contribution in [3.63, 3.8) is 0 Å². The van der Waals surface area contributed by atoms with Gasteiger partial charge in [0.15, 0.2) is 0 Å². The maximum atomic E-state index is 4.69. The number of hydrogen-bond donors (Lipinski definition) is 1. The molecule has 0 bridgehead atoms. The van der Waals surface area contributed by atoms with Gasteiger partial charge in [-0.05, 0) is 50.2 Å². The molecule has 0 aliphatic heterocycles. The van der Waals surface area contributed by atoms with Crippen LogP contribution in [0.25, 0.3) is 11.0 Å². The number of nitrogens with one attached hydrogen (secondary N) is 1. The van der Waals surface area contributed by atoms with Crippen LogP contribution in [0.4, 0.5) is 0 Å². The largest absolute Gasteiger partial charge is 0.341 e. The quantitative estimate of drug-likeness (QED) is 0.777. The van der Waals surface area contributed by atoms with E-state index in [1.54, 1.807) is 0 Å². The van der Waals surface area contributed by atoms with Gasteiger partial charge < -0.3 is 4.98 Å². The molecule has 0 spiro atoms. The van der Waals surface area contributed by atoms with Crippen LogP contribution in [-0.2, 0) is 6.54 Å². The number of hydrogen-bond acceptors (Lipinski definition) is 3. The number of pyridine rings is 1. The zero-order chi connectivity index (χ0) is 15.5. The Bertz CT molecular complexity index is 748. The van der Waals surface area contributed by atoms with E-state index < -0.39 is 0 Å². The first-order chi connectivity index (χ1) is 10.7. The fraction of sp³-hybridized carbons (Fsp3) is 0.333. The van der Waals surface area contributed by atoms with E-state index in [0.717, 1.165) is 35.5 Å². The van der Waals surface area contributed by atoms with Crippen molar-refractivity contribution in [3.05, 3.63) is 59.7 Å². The molecule has 0 unspecified atom stereocenters. The highest BCUT2D eigenvalue weighted by Gasteiger charge is 2.17. The summed E-state index contributed by atoms with van der Waals surface area (Å²) in [6, 6.07) is 12.7. The van der Waals surface area contributed by atoms with Crippen LogP contribution in [0.2, 0.25) is 0 Å². The first kappa shape index (κ1) is 14.7. The van der Waals surface area contributed by atoms with E-state index in [1.807, 2.05) is 18.3 Å². The number of H-pyrrole nitrogens is 1. The fourth-order valence-corrected chi connectivity index (χ4v) is 2.92. The second-order valence-electron chi connectivity index (χ2n) is 5.80. The molecule has 1 aromatic carbocycles. The molecule has 3 aromatic rings. The number of aryl methyl sites for hydroxylation is 1. The Labute approximate surface area is 131 Å². The van der Waals surface area contributed by atoms with Crippen molar-refractivity contribution in [2.75, 3.05) is 7.05 Å². The Kier molecular flexibility index (Phi) is 4.20. The smallest absolute Gasteiger partial charge is 0.121 e. The van der Waals surface area contributed by atoms with Gasteiger partial charge >= 0.3 is 0 Å². The molecule has 0 saturated heterocycles. The summed E-state index contributed by atoms with van der Waals surface area (Å²) in [5.41, 5.74) is 4.49. The molecule has 114 valence electrons. The van der Waals surface area contributed by atoms with Gasteiger partial charge in [0.2, 0.25) is 0 Å². The second kappa shape index (κ2) is 6.28. The highest BCUT2D eigenvalue weighted by atomic mass is 15.2. The monoisotopic (exact) mass is 294 g/mol. The molecule has 4 nitrogen and oxygen atoms in total. The van der Waals surface area contributed by atoms with Crippen LogP contribution in [0.3, 0.4) is 0 Å². The zero-order valence-corrected chi connectivity index (χ0v) is 13.4. The van der Waals surface area contributed by atoms with Gasteiger partial charge in [0, 0.05) is 6.20 Å². The number of rotatable bonds is 5. The van der Waals surface area contributed by atoms with E-state index in [4.69, 9.17) is 0 Å². The maximum Gasteiger partial charge on any atom is 0.121 e. The molecular formula is C18H22N4.